The van der Waals surface area contributed by atoms with Gasteiger partial charge in [0, 0.05) is 5.70 Å². The lowest BCUT2D eigenvalue weighted by molar-refractivity contribution is 0.824. The number of nitrogens with one attached hydrogen (secondary N) is 1. The lowest BCUT2D eigenvalue weighted by atomic mass is 10.0. The summed E-state index contributed by atoms with van der Waals surface area (Å²) in [5, 5.41) is 3.34. The summed E-state index contributed by atoms with van der Waals surface area (Å²) in [4.78, 5) is 4.52. The minimum atomic E-state index is 0.654. The van der Waals surface area contributed by atoms with Crippen LogP contribution in [0.15, 0.2) is 70.9 Å². The van der Waals surface area contributed by atoms with Gasteiger partial charge in [0.2, 0.25) is 0 Å². The summed E-state index contributed by atoms with van der Waals surface area (Å²) in [7, 11) is 0. The van der Waals surface area contributed by atoms with Gasteiger partial charge in [-0.25, -0.2) is 0 Å². The molecule has 0 saturated carbocycles. The average Bonchev–Trinajstić information content (AvgIpc) is 2.49. The second kappa shape index (κ2) is 5.05. The smallest absolute Gasteiger partial charge is 0.108 e. The molecule has 90 valence electrons. The van der Waals surface area contributed by atoms with Gasteiger partial charge >= 0.3 is 0 Å². The van der Waals surface area contributed by atoms with Gasteiger partial charge in [-0.15, -0.1) is 0 Å². The summed E-state index contributed by atoms with van der Waals surface area (Å²) >= 11 is 0. The van der Waals surface area contributed by atoms with Gasteiger partial charge in [-0.05, 0) is 30.1 Å². The van der Waals surface area contributed by atoms with Crippen LogP contribution in [-0.4, -0.2) is 12.4 Å². The molecule has 2 nitrogen and oxygen atoms in total. The Labute approximate surface area is 107 Å². The number of hydrogen-bond acceptors (Lipinski definition) is 2. The fourth-order valence-electron chi connectivity index (χ4n) is 2.23. The molecule has 0 spiro atoms. The van der Waals surface area contributed by atoms with Crippen molar-refractivity contribution in [2.24, 2.45) is 4.99 Å². The monoisotopic (exact) mass is 236 g/mol. The predicted molar refractivity (Wildman–Crippen MR) is 75.5 cm³/mol. The number of rotatable bonds is 2. The van der Waals surface area contributed by atoms with E-state index in [9.17, 15) is 0 Å². The second-order valence-electron chi connectivity index (χ2n) is 4.44. The molecule has 0 aromatic heterocycles. The molecule has 0 bridgehead atoms. The molecule has 0 unspecified atom stereocenters. The van der Waals surface area contributed by atoms with Crippen molar-refractivity contribution in [2.75, 3.05) is 6.67 Å². The van der Waals surface area contributed by atoms with E-state index in [0.29, 0.717) is 6.67 Å². The molecule has 18 heavy (non-hydrogen) atoms. The predicted octanol–water partition coefficient (Wildman–Crippen LogP) is 3.20. The summed E-state index contributed by atoms with van der Waals surface area (Å²) < 4.78 is 0. The molecule has 3 rings (SSSR count). The normalized spacial score (nSPS) is 18.6. The molecule has 1 aromatic rings. The molecule has 1 heterocycles. The van der Waals surface area contributed by atoms with Gasteiger partial charge < -0.3 is 5.32 Å². The minimum Gasteiger partial charge on any atom is -0.366 e. The molecule has 0 atom stereocenters. The molecule has 1 aromatic carbocycles. The number of hydrogen-bond donors (Lipinski definition) is 1. The van der Waals surface area contributed by atoms with Crippen LogP contribution in [0.25, 0.3) is 0 Å². The van der Waals surface area contributed by atoms with Crippen LogP contribution in [0, 0.1) is 0 Å². The minimum absolute atomic E-state index is 0.654. The van der Waals surface area contributed by atoms with Crippen LogP contribution in [-0.2, 0) is 0 Å². The Morgan fingerprint density at radius 1 is 1.06 bits per heavy atom. The fraction of sp³-hybridized carbons (Fsp3) is 0.188. The standard InChI is InChI=1S/C16H16N2/c1-3-7-13(8-4-1)15-11-16(18-12-17-15)14-9-5-2-6-10-14/h1,3-5,7-11,18H,2,6,12H2. The van der Waals surface area contributed by atoms with E-state index in [4.69, 9.17) is 0 Å². The van der Waals surface area contributed by atoms with Crippen molar-refractivity contribution in [1.82, 2.24) is 5.32 Å². The maximum absolute atomic E-state index is 4.52. The largest absolute Gasteiger partial charge is 0.366 e. The Bertz CT molecular complexity index is 548. The molecule has 1 aliphatic heterocycles. The van der Waals surface area contributed by atoms with Crippen molar-refractivity contribution in [3.63, 3.8) is 0 Å². The summed E-state index contributed by atoms with van der Waals surface area (Å²) in [5.74, 6) is 0. The van der Waals surface area contributed by atoms with Gasteiger partial charge in [0.05, 0.1) is 5.71 Å². The first-order chi connectivity index (χ1) is 8.93. The van der Waals surface area contributed by atoms with Crippen LogP contribution in [0.4, 0.5) is 0 Å². The molecule has 1 aliphatic carbocycles. The summed E-state index contributed by atoms with van der Waals surface area (Å²) in [6.07, 6.45) is 11.1. The molecular formula is C16H16N2. The maximum Gasteiger partial charge on any atom is 0.108 e. The Balaban J connectivity index is 1.90. The lowest BCUT2D eigenvalue weighted by Gasteiger charge is -2.18. The Morgan fingerprint density at radius 2 is 1.94 bits per heavy atom. The zero-order chi connectivity index (χ0) is 12.2. The highest BCUT2D eigenvalue weighted by atomic mass is 15.0. The summed E-state index contributed by atoms with van der Waals surface area (Å²) in [5.41, 5.74) is 4.70. The first-order valence-corrected chi connectivity index (χ1v) is 6.36. The molecular weight excluding hydrogens is 220 g/mol. The van der Waals surface area contributed by atoms with Crippen molar-refractivity contribution in [3.8, 4) is 0 Å². The Hall–Kier alpha value is -2.09. The van der Waals surface area contributed by atoms with Crippen molar-refractivity contribution in [1.29, 1.82) is 0 Å². The average molecular weight is 236 g/mol. The second-order valence-corrected chi connectivity index (χ2v) is 4.44. The van der Waals surface area contributed by atoms with E-state index in [1.165, 1.54) is 16.8 Å². The van der Waals surface area contributed by atoms with E-state index < -0.39 is 0 Å². The SMILES string of the molecule is C1=CC(C2=CC(c3ccccc3)=NCN2)=CCC1. The van der Waals surface area contributed by atoms with Crippen molar-refractivity contribution < 1.29 is 0 Å². The molecule has 1 N–H and O–H groups in total. The van der Waals surface area contributed by atoms with Gasteiger partial charge in [0.25, 0.3) is 0 Å². The molecule has 0 saturated heterocycles. The quantitative estimate of drug-likeness (QED) is 0.837. The van der Waals surface area contributed by atoms with E-state index in [1.54, 1.807) is 0 Å². The summed E-state index contributed by atoms with van der Waals surface area (Å²) in [6, 6.07) is 10.3. The number of benzene rings is 1. The van der Waals surface area contributed by atoms with Crippen LogP contribution in [0.2, 0.25) is 0 Å². The van der Waals surface area contributed by atoms with Gasteiger partial charge in [-0.1, -0.05) is 48.6 Å². The summed E-state index contributed by atoms with van der Waals surface area (Å²) in [6.45, 7) is 0.654. The molecule has 2 aliphatic rings. The van der Waals surface area contributed by atoms with E-state index in [1.807, 2.05) is 18.2 Å². The van der Waals surface area contributed by atoms with Crippen molar-refractivity contribution in [3.05, 3.63) is 71.5 Å². The van der Waals surface area contributed by atoms with E-state index in [0.717, 1.165) is 18.6 Å². The number of nitrogens with zero attached hydrogens (tertiary/aromatic N) is 1. The first-order valence-electron chi connectivity index (χ1n) is 6.36. The molecule has 2 heteroatoms. The zero-order valence-corrected chi connectivity index (χ0v) is 10.3. The number of allylic oxidation sites excluding steroid dienone is 4. The van der Waals surface area contributed by atoms with Gasteiger partial charge in [-0.3, -0.25) is 4.99 Å². The lowest BCUT2D eigenvalue weighted by Crippen LogP contribution is -2.22. The van der Waals surface area contributed by atoms with E-state index >= 15 is 0 Å². The first kappa shape index (κ1) is 11.0. The third-order valence-corrected chi connectivity index (χ3v) is 3.18. The molecule has 0 radical (unpaired) electrons. The Kier molecular flexibility index (Phi) is 3.09. The van der Waals surface area contributed by atoms with E-state index in [2.05, 4.69) is 46.7 Å². The van der Waals surface area contributed by atoms with E-state index in [-0.39, 0.29) is 0 Å². The topological polar surface area (TPSA) is 24.4 Å². The molecule has 0 amide bonds. The zero-order valence-electron chi connectivity index (χ0n) is 10.3. The van der Waals surface area contributed by atoms with Crippen LogP contribution in [0.3, 0.4) is 0 Å². The van der Waals surface area contributed by atoms with Crippen LogP contribution < -0.4 is 5.32 Å². The fourth-order valence-corrected chi connectivity index (χ4v) is 2.23. The van der Waals surface area contributed by atoms with Gasteiger partial charge in [0.1, 0.15) is 6.67 Å². The highest BCUT2D eigenvalue weighted by Gasteiger charge is 2.10. The van der Waals surface area contributed by atoms with Crippen molar-refractivity contribution in [2.45, 2.75) is 12.8 Å². The highest BCUT2D eigenvalue weighted by molar-refractivity contribution is 6.09. The third kappa shape index (κ3) is 2.28. The van der Waals surface area contributed by atoms with Gasteiger partial charge in [0.15, 0.2) is 0 Å². The van der Waals surface area contributed by atoms with Gasteiger partial charge in [-0.2, -0.15) is 0 Å². The highest BCUT2D eigenvalue weighted by Crippen LogP contribution is 2.19. The number of aliphatic imine (C=N–C) groups is 1. The third-order valence-electron chi connectivity index (χ3n) is 3.18. The maximum atomic E-state index is 4.52. The van der Waals surface area contributed by atoms with Crippen LogP contribution >= 0.6 is 0 Å². The van der Waals surface area contributed by atoms with Crippen LogP contribution in [0.1, 0.15) is 18.4 Å². The van der Waals surface area contributed by atoms with Crippen LogP contribution in [0.5, 0.6) is 0 Å². The van der Waals surface area contributed by atoms with Crippen molar-refractivity contribution >= 4 is 5.71 Å². The molecule has 0 fully saturated rings. The Morgan fingerprint density at radius 3 is 2.72 bits per heavy atom.